The van der Waals surface area contributed by atoms with Crippen LogP contribution in [-0.4, -0.2) is 48.1 Å². The quantitative estimate of drug-likeness (QED) is 0.576. The highest BCUT2D eigenvalue weighted by molar-refractivity contribution is 5.95. The molecule has 7 nitrogen and oxygen atoms in total. The lowest BCUT2D eigenvalue weighted by Crippen LogP contribution is -2.55. The predicted octanol–water partition coefficient (Wildman–Crippen LogP) is 3.88. The molecular formula is C26H29FN4O3. The van der Waals surface area contributed by atoms with Gasteiger partial charge in [-0.2, -0.15) is 0 Å². The number of carbonyl (C=O) groups is 1. The summed E-state index contributed by atoms with van der Waals surface area (Å²) >= 11 is 0. The number of nitrogens with one attached hydrogen (secondary N) is 1. The number of piperazine rings is 1. The minimum atomic E-state index is -0.456. The van der Waals surface area contributed by atoms with Gasteiger partial charge >= 0.3 is 0 Å². The largest absolute Gasteiger partial charge is 0.493 e. The van der Waals surface area contributed by atoms with Crippen molar-refractivity contribution in [3.05, 3.63) is 71.7 Å². The van der Waals surface area contributed by atoms with E-state index in [1.54, 1.807) is 24.4 Å². The van der Waals surface area contributed by atoms with E-state index < -0.39 is 5.82 Å². The Morgan fingerprint density at radius 1 is 1.15 bits per heavy atom. The molecule has 1 aliphatic heterocycles. The van der Waals surface area contributed by atoms with Crippen LogP contribution >= 0.6 is 0 Å². The van der Waals surface area contributed by atoms with Crippen molar-refractivity contribution in [2.75, 3.05) is 25.9 Å². The van der Waals surface area contributed by atoms with Crippen LogP contribution < -0.4 is 20.5 Å². The number of ether oxygens (including phenoxy) is 2. The summed E-state index contributed by atoms with van der Waals surface area (Å²) in [7, 11) is 1.41. The Hall–Kier alpha value is -3.65. The molecule has 1 fully saturated rings. The molecule has 0 saturated carbocycles. The molecule has 2 atom stereocenters. The lowest BCUT2D eigenvalue weighted by Gasteiger charge is -2.36. The number of carbonyl (C=O) groups excluding carboxylic acids is 1. The molecule has 3 aromatic rings. The van der Waals surface area contributed by atoms with Crippen LogP contribution in [0, 0.1) is 5.82 Å². The van der Waals surface area contributed by atoms with E-state index in [2.05, 4.69) is 24.1 Å². The Labute approximate surface area is 198 Å². The van der Waals surface area contributed by atoms with E-state index in [-0.39, 0.29) is 36.2 Å². The summed E-state index contributed by atoms with van der Waals surface area (Å²) in [6.45, 7) is 5.60. The number of hydrogen-bond donors (Lipinski definition) is 2. The highest BCUT2D eigenvalue weighted by atomic mass is 19.1. The van der Waals surface area contributed by atoms with Crippen LogP contribution in [0.2, 0.25) is 0 Å². The molecular weight excluding hydrogens is 435 g/mol. The molecule has 34 heavy (non-hydrogen) atoms. The second kappa shape index (κ2) is 10.1. The summed E-state index contributed by atoms with van der Waals surface area (Å²) in [4.78, 5) is 19.1. The minimum Gasteiger partial charge on any atom is -0.493 e. The molecule has 2 aromatic carbocycles. The van der Waals surface area contributed by atoms with Gasteiger partial charge in [-0.3, -0.25) is 4.79 Å². The van der Waals surface area contributed by atoms with Gasteiger partial charge in [0, 0.05) is 48.1 Å². The topological polar surface area (TPSA) is 89.7 Å². The second-order valence-corrected chi connectivity index (χ2v) is 8.58. The van der Waals surface area contributed by atoms with E-state index in [1.807, 2.05) is 29.2 Å². The zero-order valence-corrected chi connectivity index (χ0v) is 19.5. The molecule has 2 heterocycles. The lowest BCUT2D eigenvalue weighted by atomic mass is 10.0. The molecule has 0 unspecified atom stereocenters. The molecule has 1 aromatic heterocycles. The normalized spacial score (nSPS) is 17.9. The highest BCUT2D eigenvalue weighted by Gasteiger charge is 2.25. The summed E-state index contributed by atoms with van der Waals surface area (Å²) in [5.41, 5.74) is 8.87. The zero-order chi connectivity index (χ0) is 24.2. The maximum absolute atomic E-state index is 13.9. The first-order chi connectivity index (χ1) is 16.4. The van der Waals surface area contributed by atoms with Crippen LogP contribution in [0.4, 0.5) is 10.2 Å². The Morgan fingerprint density at radius 2 is 1.85 bits per heavy atom. The highest BCUT2D eigenvalue weighted by Crippen LogP contribution is 2.30. The fourth-order valence-corrected chi connectivity index (χ4v) is 4.26. The van der Waals surface area contributed by atoms with Crippen molar-refractivity contribution in [2.45, 2.75) is 32.5 Å². The number of nitrogen functional groups attached to an aromatic ring is 1. The van der Waals surface area contributed by atoms with Crippen LogP contribution in [0.3, 0.4) is 0 Å². The first-order valence-electron chi connectivity index (χ1n) is 11.2. The average Bonchev–Trinajstić information content (AvgIpc) is 2.82. The number of nitrogens with two attached hydrogens (primary N) is 1. The molecule has 0 bridgehead atoms. The lowest BCUT2D eigenvalue weighted by molar-refractivity contribution is 0.0674. The fraction of sp³-hybridized carbons (Fsp3) is 0.308. The van der Waals surface area contributed by atoms with E-state index >= 15 is 0 Å². The van der Waals surface area contributed by atoms with Gasteiger partial charge in [-0.15, -0.1) is 0 Å². The van der Waals surface area contributed by atoms with Gasteiger partial charge in [0.25, 0.3) is 5.91 Å². The Bertz CT molecular complexity index is 1160. The number of halogens is 1. The molecule has 1 amide bonds. The standard InChI is InChI=1S/C26H29FN4O3/c1-16-13-31(14-17(2)30-16)26(32)19-9-7-18(8-10-19)21-11-23(25(28)29-12-21)34-15-20-5-4-6-22(27)24(20)33-3/h4-12,16-17,30H,13-15H2,1-3H3,(H2,28,29)/t16-,17+. The number of anilines is 1. The van der Waals surface area contributed by atoms with E-state index in [4.69, 9.17) is 15.2 Å². The van der Waals surface area contributed by atoms with Crippen molar-refractivity contribution in [3.63, 3.8) is 0 Å². The molecule has 0 aliphatic carbocycles. The van der Waals surface area contributed by atoms with Crippen LogP contribution in [-0.2, 0) is 6.61 Å². The van der Waals surface area contributed by atoms with Gasteiger partial charge in [-0.05, 0) is 43.7 Å². The Morgan fingerprint density at radius 3 is 2.53 bits per heavy atom. The maximum Gasteiger partial charge on any atom is 0.253 e. The molecule has 1 aliphatic rings. The van der Waals surface area contributed by atoms with Crippen molar-refractivity contribution in [2.24, 2.45) is 0 Å². The third-order valence-electron chi connectivity index (χ3n) is 5.83. The van der Waals surface area contributed by atoms with Crippen molar-refractivity contribution in [1.29, 1.82) is 0 Å². The van der Waals surface area contributed by atoms with Gasteiger partial charge in [0.05, 0.1) is 7.11 Å². The number of para-hydroxylation sites is 1. The average molecular weight is 465 g/mol. The molecule has 178 valence electrons. The van der Waals surface area contributed by atoms with Crippen LogP contribution in [0.25, 0.3) is 11.1 Å². The number of aromatic nitrogens is 1. The predicted molar refractivity (Wildman–Crippen MR) is 129 cm³/mol. The summed E-state index contributed by atoms with van der Waals surface area (Å²) in [6.07, 6.45) is 1.65. The van der Waals surface area contributed by atoms with Gasteiger partial charge in [-0.25, -0.2) is 9.37 Å². The molecule has 0 spiro atoms. The number of pyridine rings is 1. The number of nitrogens with zero attached hydrogens (tertiary/aromatic N) is 2. The van der Waals surface area contributed by atoms with Crippen LogP contribution in [0.1, 0.15) is 29.8 Å². The maximum atomic E-state index is 13.9. The molecule has 1 saturated heterocycles. The van der Waals surface area contributed by atoms with Crippen molar-refractivity contribution >= 4 is 11.7 Å². The molecule has 0 radical (unpaired) electrons. The molecule has 8 heteroatoms. The number of methoxy groups -OCH3 is 1. The number of benzene rings is 2. The van der Waals surface area contributed by atoms with E-state index in [0.29, 0.717) is 30.0 Å². The number of hydrogen-bond acceptors (Lipinski definition) is 6. The Kier molecular flexibility index (Phi) is 6.98. The van der Waals surface area contributed by atoms with Crippen LogP contribution in [0.5, 0.6) is 11.5 Å². The fourth-order valence-electron chi connectivity index (χ4n) is 4.26. The van der Waals surface area contributed by atoms with Crippen LogP contribution in [0.15, 0.2) is 54.7 Å². The van der Waals surface area contributed by atoms with Gasteiger partial charge in [0.15, 0.2) is 23.1 Å². The van der Waals surface area contributed by atoms with Crippen molar-refractivity contribution in [3.8, 4) is 22.6 Å². The van der Waals surface area contributed by atoms with E-state index in [0.717, 1.165) is 11.1 Å². The Balaban J connectivity index is 1.49. The minimum absolute atomic E-state index is 0.0234. The van der Waals surface area contributed by atoms with E-state index in [9.17, 15) is 9.18 Å². The van der Waals surface area contributed by atoms with Gasteiger partial charge in [0.1, 0.15) is 6.61 Å². The summed E-state index contributed by atoms with van der Waals surface area (Å²) < 4.78 is 24.9. The van der Waals surface area contributed by atoms with Gasteiger partial charge in [0.2, 0.25) is 0 Å². The first-order valence-corrected chi connectivity index (χ1v) is 11.2. The molecule has 3 N–H and O–H groups in total. The summed E-state index contributed by atoms with van der Waals surface area (Å²) in [6, 6.07) is 14.4. The monoisotopic (exact) mass is 464 g/mol. The smallest absolute Gasteiger partial charge is 0.253 e. The summed E-state index contributed by atoms with van der Waals surface area (Å²) in [5.74, 6) is 0.317. The summed E-state index contributed by atoms with van der Waals surface area (Å²) in [5, 5.41) is 3.44. The third kappa shape index (κ3) is 5.12. The second-order valence-electron chi connectivity index (χ2n) is 8.58. The number of rotatable bonds is 6. The molecule has 4 rings (SSSR count). The van der Waals surface area contributed by atoms with Gasteiger partial charge in [-0.1, -0.05) is 24.3 Å². The first kappa shape index (κ1) is 23.5. The van der Waals surface area contributed by atoms with E-state index in [1.165, 1.54) is 13.2 Å². The van der Waals surface area contributed by atoms with Crippen molar-refractivity contribution < 1.29 is 18.7 Å². The third-order valence-corrected chi connectivity index (χ3v) is 5.83. The van der Waals surface area contributed by atoms with Gasteiger partial charge < -0.3 is 25.4 Å². The van der Waals surface area contributed by atoms with Crippen molar-refractivity contribution in [1.82, 2.24) is 15.2 Å². The SMILES string of the molecule is COc1c(F)cccc1COc1cc(-c2ccc(C(=O)N3C[C@@H](C)N[C@@H](C)C3)cc2)cnc1N. The zero-order valence-electron chi connectivity index (χ0n) is 19.5. The number of amides is 1.